The summed E-state index contributed by atoms with van der Waals surface area (Å²) >= 11 is 0. The lowest BCUT2D eigenvalue weighted by atomic mass is 9.77. The molecule has 0 bridgehead atoms. The van der Waals surface area contributed by atoms with Gasteiger partial charge in [0.2, 0.25) is 5.96 Å². The number of aromatic nitrogens is 1. The van der Waals surface area contributed by atoms with Crippen molar-refractivity contribution in [2.75, 3.05) is 23.9 Å². The van der Waals surface area contributed by atoms with E-state index in [1.807, 2.05) is 52.1 Å². The van der Waals surface area contributed by atoms with E-state index in [2.05, 4.69) is 20.6 Å². The van der Waals surface area contributed by atoms with Crippen molar-refractivity contribution in [2.45, 2.75) is 44.9 Å². The van der Waals surface area contributed by atoms with Gasteiger partial charge in [0.15, 0.2) is 6.19 Å². The predicted molar refractivity (Wildman–Crippen MR) is 128 cm³/mol. The number of anilines is 3. The van der Waals surface area contributed by atoms with Crippen molar-refractivity contribution >= 4 is 35.9 Å². The molecule has 2 aliphatic rings. The van der Waals surface area contributed by atoms with E-state index >= 15 is 0 Å². The Bertz CT molecular complexity index is 1260. The number of nitrogens with two attached hydrogens (primary N) is 2. The molecule has 3 heterocycles. The number of pyridine rings is 1. The van der Waals surface area contributed by atoms with E-state index in [4.69, 9.17) is 30.8 Å². The molecule has 1 unspecified atom stereocenters. The fourth-order valence-corrected chi connectivity index (χ4v) is 3.90. The number of ether oxygens (including phenoxy) is 1. The predicted octanol–water partition coefficient (Wildman–Crippen LogP) is 1.37. The van der Waals surface area contributed by atoms with Gasteiger partial charge in [-0.15, -0.1) is 0 Å². The zero-order chi connectivity index (χ0) is 24.8. The summed E-state index contributed by atoms with van der Waals surface area (Å²) in [7, 11) is 0.923. The summed E-state index contributed by atoms with van der Waals surface area (Å²) in [6.07, 6.45) is 1.84. The molecule has 1 saturated heterocycles. The number of hydrogen-bond donors (Lipinski definition) is 4. The van der Waals surface area contributed by atoms with Crippen LogP contribution < -0.4 is 32.3 Å². The first-order chi connectivity index (χ1) is 16.0. The summed E-state index contributed by atoms with van der Waals surface area (Å²) in [6, 6.07) is 6.74. The molecule has 1 atom stereocenters. The second kappa shape index (κ2) is 8.10. The highest BCUT2D eigenvalue weighted by Gasteiger charge is 2.52. The highest BCUT2D eigenvalue weighted by atomic mass is 16.7. The first-order valence-corrected chi connectivity index (χ1v) is 10.5. The van der Waals surface area contributed by atoms with E-state index in [0.717, 1.165) is 5.46 Å². The molecule has 34 heavy (non-hydrogen) atoms. The molecule has 2 aromatic rings. The van der Waals surface area contributed by atoms with Crippen molar-refractivity contribution in [3.8, 4) is 18.0 Å². The number of nitrogens with one attached hydrogen (secondary N) is 2. The lowest BCUT2D eigenvalue weighted by molar-refractivity contribution is 0.00578. The third-order valence-electron chi connectivity index (χ3n) is 6.43. The number of guanidine groups is 1. The molecule has 1 aromatic carbocycles. The Labute approximate surface area is 197 Å². The normalized spacial score (nSPS) is 19.8. The van der Waals surface area contributed by atoms with Gasteiger partial charge in [0.1, 0.15) is 35.1 Å². The van der Waals surface area contributed by atoms with Crippen LogP contribution in [0.1, 0.15) is 50.4 Å². The van der Waals surface area contributed by atoms with E-state index in [-0.39, 0.29) is 28.8 Å². The summed E-state index contributed by atoms with van der Waals surface area (Å²) in [6.45, 7) is 7.91. The van der Waals surface area contributed by atoms with Gasteiger partial charge >= 0.3 is 7.12 Å². The highest BCUT2D eigenvalue weighted by Crippen LogP contribution is 2.43. The Morgan fingerprint density at radius 3 is 2.44 bits per heavy atom. The molecule has 174 valence electrons. The van der Waals surface area contributed by atoms with Gasteiger partial charge in [-0.1, -0.05) is 12.1 Å². The van der Waals surface area contributed by atoms with E-state index < -0.39 is 24.4 Å². The molecule has 1 aromatic heterocycles. The van der Waals surface area contributed by atoms with Crippen LogP contribution in [0, 0.1) is 22.8 Å². The van der Waals surface area contributed by atoms with E-state index in [1.165, 1.54) is 0 Å². The maximum atomic E-state index is 9.56. The van der Waals surface area contributed by atoms with Crippen molar-refractivity contribution in [1.82, 2.24) is 10.3 Å². The van der Waals surface area contributed by atoms with Crippen LogP contribution in [0.15, 0.2) is 23.2 Å². The van der Waals surface area contributed by atoms with Crippen LogP contribution in [0.25, 0.3) is 0 Å². The average Bonchev–Trinajstić information content (AvgIpc) is 3.00. The van der Waals surface area contributed by atoms with Gasteiger partial charge in [0.25, 0.3) is 0 Å². The van der Waals surface area contributed by atoms with Crippen molar-refractivity contribution in [3.63, 3.8) is 0 Å². The lowest BCUT2D eigenvalue weighted by Gasteiger charge is -2.32. The highest BCUT2D eigenvalue weighted by molar-refractivity contribution is 6.62. The second-order valence-corrected chi connectivity index (χ2v) is 8.99. The fraction of sp³-hybridized carbons (Fsp3) is 0.364. The molecule has 0 radical (unpaired) electrons. The van der Waals surface area contributed by atoms with Crippen LogP contribution in [0.3, 0.4) is 0 Å². The van der Waals surface area contributed by atoms with Crippen LogP contribution in [0.5, 0.6) is 5.75 Å². The van der Waals surface area contributed by atoms with Crippen molar-refractivity contribution in [2.24, 2.45) is 4.99 Å². The van der Waals surface area contributed by atoms with Gasteiger partial charge in [-0.05, 0) is 39.2 Å². The SMILES string of the molecule is COc1ccc(B2OC(C)(C)C(C)(C)O2)cc1C1N=C(NC#N)Nc2nc(N)c(C#N)c(N)c21. The molecule has 12 heteroatoms. The van der Waals surface area contributed by atoms with Crippen molar-refractivity contribution in [3.05, 3.63) is 34.9 Å². The van der Waals surface area contributed by atoms with Gasteiger partial charge in [0.05, 0.1) is 24.0 Å². The van der Waals surface area contributed by atoms with Crippen LogP contribution in [-0.4, -0.2) is 36.4 Å². The Kier molecular flexibility index (Phi) is 5.52. The summed E-state index contributed by atoms with van der Waals surface area (Å²) in [4.78, 5) is 8.91. The topological polar surface area (TPSA) is 177 Å². The number of benzene rings is 1. The van der Waals surface area contributed by atoms with Crippen molar-refractivity contribution < 1.29 is 14.0 Å². The minimum absolute atomic E-state index is 0.0267. The third-order valence-corrected chi connectivity index (χ3v) is 6.43. The molecule has 0 aliphatic carbocycles. The molecule has 6 N–H and O–H groups in total. The number of rotatable bonds is 3. The number of aliphatic imine (C=N–C) groups is 1. The van der Waals surface area contributed by atoms with Crippen LogP contribution in [0.4, 0.5) is 17.3 Å². The quantitative estimate of drug-likeness (QED) is 0.297. The lowest BCUT2D eigenvalue weighted by Crippen LogP contribution is -2.41. The average molecular weight is 460 g/mol. The number of methoxy groups -OCH3 is 1. The maximum absolute atomic E-state index is 9.56. The molecule has 0 saturated carbocycles. The molecular weight excluding hydrogens is 435 g/mol. The first-order valence-electron chi connectivity index (χ1n) is 10.5. The maximum Gasteiger partial charge on any atom is 0.494 e. The summed E-state index contributed by atoms with van der Waals surface area (Å²) in [5, 5.41) is 24.1. The molecule has 11 nitrogen and oxygen atoms in total. The summed E-state index contributed by atoms with van der Waals surface area (Å²) in [5.41, 5.74) is 13.3. The molecule has 2 aliphatic heterocycles. The number of fused-ring (bicyclic) bond motifs is 1. The third kappa shape index (κ3) is 3.63. The summed E-state index contributed by atoms with van der Waals surface area (Å²) in [5.74, 6) is 0.933. The molecule has 0 spiro atoms. The fourth-order valence-electron chi connectivity index (χ4n) is 3.90. The Morgan fingerprint density at radius 1 is 1.18 bits per heavy atom. The number of nitrogen functional groups attached to an aromatic ring is 2. The van der Waals surface area contributed by atoms with Gasteiger partial charge < -0.3 is 30.8 Å². The van der Waals surface area contributed by atoms with Crippen LogP contribution in [-0.2, 0) is 9.31 Å². The van der Waals surface area contributed by atoms with Crippen LogP contribution in [0.2, 0.25) is 0 Å². The molecule has 0 amide bonds. The number of hydrogen-bond acceptors (Lipinski definition) is 11. The van der Waals surface area contributed by atoms with E-state index in [1.54, 1.807) is 13.2 Å². The molecular formula is C22H25BN8O3. The van der Waals surface area contributed by atoms with Gasteiger partial charge in [-0.2, -0.15) is 10.5 Å². The monoisotopic (exact) mass is 460 g/mol. The molecule has 1 fully saturated rings. The minimum Gasteiger partial charge on any atom is -0.496 e. The van der Waals surface area contributed by atoms with Gasteiger partial charge in [-0.25, -0.2) is 9.98 Å². The van der Waals surface area contributed by atoms with E-state index in [0.29, 0.717) is 16.9 Å². The number of nitriles is 2. The second-order valence-electron chi connectivity index (χ2n) is 8.99. The largest absolute Gasteiger partial charge is 0.496 e. The zero-order valence-electron chi connectivity index (χ0n) is 19.6. The number of nitrogens with zero attached hydrogens (tertiary/aromatic N) is 4. The Morgan fingerprint density at radius 2 is 1.85 bits per heavy atom. The van der Waals surface area contributed by atoms with Crippen molar-refractivity contribution in [1.29, 1.82) is 10.5 Å². The smallest absolute Gasteiger partial charge is 0.494 e. The van der Waals surface area contributed by atoms with Gasteiger partial charge in [0, 0.05) is 11.1 Å². The Balaban J connectivity index is 1.89. The first kappa shape index (κ1) is 23.2. The summed E-state index contributed by atoms with van der Waals surface area (Å²) < 4.78 is 18.0. The molecule has 4 rings (SSSR count). The standard InChI is InChI=1S/C22H25BN8O3/c1-21(2)22(3,4)34-23(33-21)11-6-7-14(32-5)12(8-11)17-15-16(26)13(9-24)18(27)30-19(15)31-20(29-17)28-10-25/h6-8,17H,1-5H3,(H6,26,27,28,29,30,31). The Hall–Kier alpha value is -4.00. The minimum atomic E-state index is -0.760. The zero-order valence-corrected chi connectivity index (χ0v) is 19.6. The van der Waals surface area contributed by atoms with E-state index in [9.17, 15) is 5.26 Å². The van der Waals surface area contributed by atoms with Crippen LogP contribution >= 0.6 is 0 Å². The van der Waals surface area contributed by atoms with Gasteiger partial charge in [-0.3, -0.25) is 5.32 Å².